The van der Waals surface area contributed by atoms with Gasteiger partial charge < -0.3 is 10.3 Å². The second kappa shape index (κ2) is 5.00. The van der Waals surface area contributed by atoms with Crippen LogP contribution in [0.5, 0.6) is 0 Å². The molecule has 0 saturated carbocycles. The SMILES string of the molecule is CC(C)n1c(C(N)c2cccs2)nc2c(F)cccc21. The van der Waals surface area contributed by atoms with E-state index in [0.29, 0.717) is 11.3 Å². The third-order valence-electron chi connectivity index (χ3n) is 3.34. The molecular weight excluding hydrogens is 273 g/mol. The summed E-state index contributed by atoms with van der Waals surface area (Å²) >= 11 is 1.59. The average molecular weight is 289 g/mol. The molecule has 5 heteroatoms. The van der Waals surface area contributed by atoms with Gasteiger partial charge in [-0.3, -0.25) is 0 Å². The molecule has 0 bridgehead atoms. The van der Waals surface area contributed by atoms with Crippen LogP contribution in [0.3, 0.4) is 0 Å². The van der Waals surface area contributed by atoms with Crippen molar-refractivity contribution in [3.8, 4) is 0 Å². The van der Waals surface area contributed by atoms with Crippen molar-refractivity contribution in [3.63, 3.8) is 0 Å². The number of hydrogen-bond acceptors (Lipinski definition) is 3. The second-order valence-electron chi connectivity index (χ2n) is 5.03. The van der Waals surface area contributed by atoms with Gasteiger partial charge in [-0.1, -0.05) is 12.1 Å². The predicted molar refractivity (Wildman–Crippen MR) is 80.4 cm³/mol. The maximum atomic E-state index is 13.9. The number of fused-ring (bicyclic) bond motifs is 1. The summed E-state index contributed by atoms with van der Waals surface area (Å²) in [7, 11) is 0. The molecule has 0 spiro atoms. The number of aromatic nitrogens is 2. The minimum Gasteiger partial charge on any atom is -0.324 e. The van der Waals surface area contributed by atoms with Crippen molar-refractivity contribution in [1.82, 2.24) is 9.55 Å². The maximum Gasteiger partial charge on any atom is 0.151 e. The first-order chi connectivity index (χ1) is 9.59. The Balaban J connectivity index is 2.24. The maximum absolute atomic E-state index is 13.9. The predicted octanol–water partition coefficient (Wildman–Crippen LogP) is 3.87. The van der Waals surface area contributed by atoms with E-state index in [1.165, 1.54) is 6.07 Å². The number of benzene rings is 1. The fourth-order valence-electron chi connectivity index (χ4n) is 2.46. The lowest BCUT2D eigenvalue weighted by Gasteiger charge is -2.16. The Bertz CT molecular complexity index is 731. The number of halogens is 1. The molecule has 3 rings (SSSR count). The first-order valence-electron chi connectivity index (χ1n) is 6.55. The third kappa shape index (κ3) is 2.03. The van der Waals surface area contributed by atoms with E-state index in [-0.39, 0.29) is 17.9 Å². The fraction of sp³-hybridized carbons (Fsp3) is 0.267. The minimum atomic E-state index is -0.329. The Morgan fingerprint density at radius 3 is 2.70 bits per heavy atom. The summed E-state index contributed by atoms with van der Waals surface area (Å²) in [5, 5.41) is 1.98. The van der Waals surface area contributed by atoms with Crippen LogP contribution in [0.1, 0.15) is 36.6 Å². The lowest BCUT2D eigenvalue weighted by Crippen LogP contribution is -2.18. The number of rotatable bonds is 3. The van der Waals surface area contributed by atoms with Crippen LogP contribution < -0.4 is 5.73 Å². The van der Waals surface area contributed by atoms with Crippen LogP contribution in [-0.4, -0.2) is 9.55 Å². The molecule has 0 aliphatic rings. The van der Waals surface area contributed by atoms with Crippen molar-refractivity contribution in [2.45, 2.75) is 25.9 Å². The normalized spacial score (nSPS) is 13.2. The molecule has 2 N–H and O–H groups in total. The topological polar surface area (TPSA) is 43.8 Å². The standard InChI is InChI=1S/C15H16FN3S/c1-9(2)19-11-6-3-5-10(16)14(11)18-15(19)13(17)12-7-4-8-20-12/h3-9,13H,17H2,1-2H3. The van der Waals surface area contributed by atoms with E-state index in [1.54, 1.807) is 17.4 Å². The van der Waals surface area contributed by atoms with Gasteiger partial charge in [0, 0.05) is 10.9 Å². The van der Waals surface area contributed by atoms with Crippen LogP contribution in [0.15, 0.2) is 35.7 Å². The molecule has 3 nitrogen and oxygen atoms in total. The molecule has 104 valence electrons. The Morgan fingerprint density at radius 1 is 1.25 bits per heavy atom. The minimum absolute atomic E-state index is 0.169. The average Bonchev–Trinajstić information content (AvgIpc) is 3.05. The molecule has 2 heterocycles. The number of nitrogens with two attached hydrogens (primary N) is 1. The monoisotopic (exact) mass is 289 g/mol. The summed E-state index contributed by atoms with van der Waals surface area (Å²) in [6.45, 7) is 4.10. The lowest BCUT2D eigenvalue weighted by molar-refractivity contribution is 0.569. The summed E-state index contributed by atoms with van der Waals surface area (Å²) in [5.74, 6) is 0.407. The Hall–Kier alpha value is -1.72. The summed E-state index contributed by atoms with van der Waals surface area (Å²) in [6.07, 6.45) is 0. The smallest absolute Gasteiger partial charge is 0.151 e. The lowest BCUT2D eigenvalue weighted by atomic mass is 10.2. The van der Waals surface area contributed by atoms with Crippen LogP contribution in [-0.2, 0) is 0 Å². The Labute approximate surface area is 120 Å². The summed E-state index contributed by atoms with van der Waals surface area (Å²) < 4.78 is 16.0. The highest BCUT2D eigenvalue weighted by Crippen LogP contribution is 2.30. The molecule has 0 amide bonds. The first kappa shape index (κ1) is 13.3. The van der Waals surface area contributed by atoms with Crippen molar-refractivity contribution < 1.29 is 4.39 Å². The van der Waals surface area contributed by atoms with Gasteiger partial charge in [0.15, 0.2) is 5.82 Å². The van der Waals surface area contributed by atoms with Gasteiger partial charge in [-0.05, 0) is 37.4 Å². The quantitative estimate of drug-likeness (QED) is 0.795. The van der Waals surface area contributed by atoms with Gasteiger partial charge >= 0.3 is 0 Å². The Morgan fingerprint density at radius 2 is 2.05 bits per heavy atom. The molecule has 0 radical (unpaired) electrons. The van der Waals surface area contributed by atoms with Crippen LogP contribution in [0.2, 0.25) is 0 Å². The van der Waals surface area contributed by atoms with E-state index < -0.39 is 0 Å². The van der Waals surface area contributed by atoms with Gasteiger partial charge in [0.25, 0.3) is 0 Å². The van der Waals surface area contributed by atoms with Crippen molar-refractivity contribution in [2.24, 2.45) is 5.73 Å². The zero-order chi connectivity index (χ0) is 14.3. The number of nitrogens with zero attached hydrogens (tertiary/aromatic N) is 2. The van der Waals surface area contributed by atoms with Gasteiger partial charge in [0.05, 0.1) is 11.6 Å². The summed E-state index contributed by atoms with van der Waals surface area (Å²) in [4.78, 5) is 5.49. The number of para-hydroxylation sites is 1. The highest BCUT2D eigenvalue weighted by atomic mass is 32.1. The van der Waals surface area contributed by atoms with Crippen molar-refractivity contribution in [2.75, 3.05) is 0 Å². The molecule has 0 aliphatic carbocycles. The molecule has 0 saturated heterocycles. The Kier molecular flexibility index (Phi) is 3.31. The van der Waals surface area contributed by atoms with Gasteiger partial charge in [-0.2, -0.15) is 0 Å². The van der Waals surface area contributed by atoms with Crippen LogP contribution in [0.25, 0.3) is 11.0 Å². The molecule has 2 aromatic heterocycles. The third-order valence-corrected chi connectivity index (χ3v) is 4.30. The van der Waals surface area contributed by atoms with E-state index >= 15 is 0 Å². The molecule has 1 aromatic carbocycles. The van der Waals surface area contributed by atoms with Crippen molar-refractivity contribution >= 4 is 22.4 Å². The highest BCUT2D eigenvalue weighted by molar-refractivity contribution is 7.10. The molecule has 3 aromatic rings. The van der Waals surface area contributed by atoms with E-state index in [0.717, 1.165) is 10.4 Å². The van der Waals surface area contributed by atoms with Crippen LogP contribution >= 0.6 is 11.3 Å². The van der Waals surface area contributed by atoms with Crippen LogP contribution in [0, 0.1) is 5.82 Å². The van der Waals surface area contributed by atoms with Gasteiger partial charge in [0.2, 0.25) is 0 Å². The molecule has 1 atom stereocenters. The van der Waals surface area contributed by atoms with Gasteiger partial charge in [0.1, 0.15) is 11.3 Å². The second-order valence-corrected chi connectivity index (χ2v) is 6.01. The van der Waals surface area contributed by atoms with Crippen LogP contribution in [0.4, 0.5) is 4.39 Å². The van der Waals surface area contributed by atoms with E-state index in [2.05, 4.69) is 18.8 Å². The molecule has 20 heavy (non-hydrogen) atoms. The van der Waals surface area contributed by atoms with E-state index in [9.17, 15) is 4.39 Å². The summed E-state index contributed by atoms with van der Waals surface area (Å²) in [6, 6.07) is 8.81. The number of thiophene rings is 1. The number of hydrogen-bond donors (Lipinski definition) is 1. The van der Waals surface area contributed by atoms with Crippen molar-refractivity contribution in [3.05, 3.63) is 52.2 Å². The van der Waals surface area contributed by atoms with Gasteiger partial charge in [-0.15, -0.1) is 11.3 Å². The molecule has 1 unspecified atom stereocenters. The fourth-order valence-corrected chi connectivity index (χ4v) is 3.18. The van der Waals surface area contributed by atoms with Gasteiger partial charge in [-0.25, -0.2) is 9.37 Å². The molecular formula is C15H16FN3S. The van der Waals surface area contributed by atoms with Crippen molar-refractivity contribution in [1.29, 1.82) is 0 Å². The zero-order valence-corrected chi connectivity index (χ0v) is 12.2. The summed E-state index contributed by atoms with van der Waals surface area (Å²) in [5.41, 5.74) is 7.50. The number of imidazole rings is 1. The van der Waals surface area contributed by atoms with E-state index in [4.69, 9.17) is 5.73 Å². The first-order valence-corrected chi connectivity index (χ1v) is 7.43. The zero-order valence-electron chi connectivity index (χ0n) is 11.4. The highest BCUT2D eigenvalue weighted by Gasteiger charge is 2.22. The molecule has 0 aliphatic heterocycles. The largest absolute Gasteiger partial charge is 0.324 e. The van der Waals surface area contributed by atoms with E-state index in [1.807, 2.05) is 28.1 Å². The molecule has 0 fully saturated rings.